The minimum Gasteiger partial charge on any atom is -0.367 e. The van der Waals surface area contributed by atoms with Gasteiger partial charge in [0.15, 0.2) is 0 Å². The molecule has 0 unspecified atom stereocenters. The Hall–Kier alpha value is -2.80. The zero-order chi connectivity index (χ0) is 19.7. The second kappa shape index (κ2) is 7.67. The van der Waals surface area contributed by atoms with Crippen molar-refractivity contribution in [2.24, 2.45) is 11.7 Å². The summed E-state index contributed by atoms with van der Waals surface area (Å²) in [4.78, 5) is 9.12. The van der Waals surface area contributed by atoms with Crippen LogP contribution < -0.4 is 16.4 Å². The van der Waals surface area contributed by atoms with E-state index in [1.54, 1.807) is 0 Å². The average Bonchev–Trinajstić information content (AvgIpc) is 3.47. The molecule has 146 valence electrons. The summed E-state index contributed by atoms with van der Waals surface area (Å²) in [6, 6.07) is 9.50. The molecule has 2 aromatic carbocycles. The van der Waals surface area contributed by atoms with Crippen LogP contribution >= 0.6 is 0 Å². The Balaban J connectivity index is 1.73. The molecule has 1 saturated carbocycles. The molecule has 3 aromatic rings. The largest absolute Gasteiger partial charge is 0.367 e. The molecule has 0 amide bonds. The number of aromatic nitrogens is 2. The minimum atomic E-state index is -0.657. The van der Waals surface area contributed by atoms with E-state index in [1.165, 1.54) is 25.0 Å². The lowest BCUT2D eigenvalue weighted by molar-refractivity contribution is 0.584. The highest BCUT2D eigenvalue weighted by Gasteiger charge is 2.28. The number of nitrogens with zero attached hydrogens (tertiary/aromatic N) is 2. The van der Waals surface area contributed by atoms with Crippen LogP contribution in [0.3, 0.4) is 0 Å². The lowest BCUT2D eigenvalue weighted by Gasteiger charge is -2.17. The molecule has 1 fully saturated rings. The number of nitrogens with two attached hydrogens (primary N) is 1. The molecule has 1 aliphatic carbocycles. The molecule has 4 N–H and O–H groups in total. The summed E-state index contributed by atoms with van der Waals surface area (Å²) in [5.41, 5.74) is 7.82. The van der Waals surface area contributed by atoms with Crippen LogP contribution in [0, 0.1) is 17.6 Å². The number of fused-ring (bicyclic) bond motifs is 1. The van der Waals surface area contributed by atoms with Crippen LogP contribution in [0.25, 0.3) is 10.9 Å². The lowest BCUT2D eigenvalue weighted by atomic mass is 10.1. The number of hydrogen-bond donors (Lipinski definition) is 3. The Bertz CT molecular complexity index is 983. The molecule has 5 nitrogen and oxygen atoms in total. The fraction of sp³-hybridized carbons (Fsp3) is 0.333. The van der Waals surface area contributed by atoms with E-state index in [-0.39, 0.29) is 17.7 Å². The number of halogens is 2. The summed E-state index contributed by atoms with van der Waals surface area (Å²) in [7, 11) is 0. The maximum atomic E-state index is 13.5. The molecule has 4 rings (SSSR count). The Morgan fingerprint density at radius 1 is 1.11 bits per heavy atom. The summed E-state index contributed by atoms with van der Waals surface area (Å²) in [5.74, 6) is 0.328. The molecule has 1 atom stereocenters. The SMILES string of the molecule is C[C@@H](Nc1nc(Nc2cc(F)cc(F)c2)nc2ccc(CCN)cc12)C1CC1. The second-order valence-corrected chi connectivity index (χ2v) is 7.34. The van der Waals surface area contributed by atoms with Gasteiger partial charge in [-0.2, -0.15) is 4.98 Å². The van der Waals surface area contributed by atoms with Gasteiger partial charge in [-0.1, -0.05) is 6.07 Å². The van der Waals surface area contributed by atoms with E-state index >= 15 is 0 Å². The van der Waals surface area contributed by atoms with Crippen molar-refractivity contribution in [3.63, 3.8) is 0 Å². The van der Waals surface area contributed by atoms with Gasteiger partial charge >= 0.3 is 0 Å². The highest BCUT2D eigenvalue weighted by molar-refractivity contribution is 5.91. The van der Waals surface area contributed by atoms with Gasteiger partial charge in [0.2, 0.25) is 5.95 Å². The smallest absolute Gasteiger partial charge is 0.229 e. The molecule has 0 radical (unpaired) electrons. The van der Waals surface area contributed by atoms with Crippen molar-refractivity contribution in [3.8, 4) is 0 Å². The zero-order valence-electron chi connectivity index (χ0n) is 15.7. The summed E-state index contributed by atoms with van der Waals surface area (Å²) in [5, 5.41) is 7.32. The van der Waals surface area contributed by atoms with E-state index in [1.807, 2.05) is 12.1 Å². The van der Waals surface area contributed by atoms with Gasteiger partial charge in [-0.25, -0.2) is 13.8 Å². The van der Waals surface area contributed by atoms with Crippen molar-refractivity contribution in [2.45, 2.75) is 32.2 Å². The number of nitrogens with one attached hydrogen (secondary N) is 2. The number of anilines is 3. The van der Waals surface area contributed by atoms with E-state index < -0.39 is 11.6 Å². The molecular formula is C21H23F2N5. The van der Waals surface area contributed by atoms with Gasteiger partial charge in [0.05, 0.1) is 5.52 Å². The van der Waals surface area contributed by atoms with Gasteiger partial charge in [-0.15, -0.1) is 0 Å². The molecule has 0 saturated heterocycles. The first-order chi connectivity index (χ1) is 13.5. The first kappa shape index (κ1) is 18.6. The van der Waals surface area contributed by atoms with Gasteiger partial charge in [-0.3, -0.25) is 0 Å². The third-order valence-corrected chi connectivity index (χ3v) is 5.01. The second-order valence-electron chi connectivity index (χ2n) is 7.34. The third kappa shape index (κ3) is 4.20. The minimum absolute atomic E-state index is 0.262. The molecule has 1 aromatic heterocycles. The van der Waals surface area contributed by atoms with E-state index in [9.17, 15) is 8.78 Å². The fourth-order valence-corrected chi connectivity index (χ4v) is 3.35. The van der Waals surface area contributed by atoms with Crippen molar-refractivity contribution < 1.29 is 8.78 Å². The van der Waals surface area contributed by atoms with Crippen LogP contribution in [-0.4, -0.2) is 22.6 Å². The first-order valence-electron chi connectivity index (χ1n) is 9.52. The van der Waals surface area contributed by atoms with E-state index in [0.29, 0.717) is 18.3 Å². The van der Waals surface area contributed by atoms with Crippen LogP contribution in [0.4, 0.5) is 26.2 Å². The number of benzene rings is 2. The molecule has 0 spiro atoms. The monoisotopic (exact) mass is 383 g/mol. The standard InChI is InChI=1S/C21H23F2N5/c1-12(14-3-4-14)25-20-18-8-13(6-7-24)2-5-19(18)27-21(28-20)26-17-10-15(22)9-16(23)11-17/h2,5,8-12,14H,3-4,6-7,24H2,1H3,(H2,25,26,27,28)/t12-/m1/s1. The molecule has 7 heteroatoms. The van der Waals surface area contributed by atoms with Crippen molar-refractivity contribution in [2.75, 3.05) is 17.2 Å². The molecule has 1 heterocycles. The number of hydrogen-bond acceptors (Lipinski definition) is 5. The molecule has 1 aliphatic rings. The van der Waals surface area contributed by atoms with Crippen LogP contribution in [0.15, 0.2) is 36.4 Å². The molecular weight excluding hydrogens is 360 g/mol. The van der Waals surface area contributed by atoms with Crippen molar-refractivity contribution in [1.82, 2.24) is 9.97 Å². The van der Waals surface area contributed by atoms with Crippen LogP contribution in [0.1, 0.15) is 25.3 Å². The Morgan fingerprint density at radius 2 is 1.86 bits per heavy atom. The topological polar surface area (TPSA) is 75.9 Å². The summed E-state index contributed by atoms with van der Waals surface area (Å²) in [6.07, 6.45) is 3.20. The van der Waals surface area contributed by atoms with Crippen LogP contribution in [0.2, 0.25) is 0 Å². The average molecular weight is 383 g/mol. The lowest BCUT2D eigenvalue weighted by Crippen LogP contribution is -2.19. The van der Waals surface area contributed by atoms with E-state index in [0.717, 1.165) is 29.0 Å². The van der Waals surface area contributed by atoms with Gasteiger partial charge in [0.1, 0.15) is 17.5 Å². The van der Waals surface area contributed by atoms with Gasteiger partial charge in [0, 0.05) is 23.2 Å². The van der Waals surface area contributed by atoms with E-state index in [4.69, 9.17) is 5.73 Å². The van der Waals surface area contributed by atoms with Crippen LogP contribution in [-0.2, 0) is 6.42 Å². The van der Waals surface area contributed by atoms with Crippen molar-refractivity contribution in [3.05, 3.63) is 53.6 Å². The zero-order valence-corrected chi connectivity index (χ0v) is 15.7. The summed E-state index contributed by atoms with van der Waals surface area (Å²) >= 11 is 0. The predicted molar refractivity (Wildman–Crippen MR) is 108 cm³/mol. The third-order valence-electron chi connectivity index (χ3n) is 5.01. The summed E-state index contributed by atoms with van der Waals surface area (Å²) < 4.78 is 27.0. The predicted octanol–water partition coefficient (Wildman–Crippen LogP) is 4.36. The highest BCUT2D eigenvalue weighted by Crippen LogP contribution is 2.35. The highest BCUT2D eigenvalue weighted by atomic mass is 19.1. The Morgan fingerprint density at radius 3 is 2.54 bits per heavy atom. The van der Waals surface area contributed by atoms with E-state index in [2.05, 4.69) is 33.6 Å². The van der Waals surface area contributed by atoms with Gasteiger partial charge < -0.3 is 16.4 Å². The maximum Gasteiger partial charge on any atom is 0.229 e. The Labute approximate surface area is 162 Å². The van der Waals surface area contributed by atoms with Crippen LogP contribution in [0.5, 0.6) is 0 Å². The molecule has 0 bridgehead atoms. The summed E-state index contributed by atoms with van der Waals surface area (Å²) in [6.45, 7) is 2.71. The van der Waals surface area contributed by atoms with Crippen molar-refractivity contribution >= 4 is 28.4 Å². The van der Waals surface area contributed by atoms with Gasteiger partial charge in [0.25, 0.3) is 0 Å². The number of rotatable bonds is 7. The molecule has 0 aliphatic heterocycles. The van der Waals surface area contributed by atoms with Gasteiger partial charge in [-0.05, 0) is 68.5 Å². The van der Waals surface area contributed by atoms with Crippen molar-refractivity contribution in [1.29, 1.82) is 0 Å². The fourth-order valence-electron chi connectivity index (χ4n) is 3.35. The molecule has 28 heavy (non-hydrogen) atoms. The first-order valence-corrected chi connectivity index (χ1v) is 9.52. The maximum absolute atomic E-state index is 13.5. The Kier molecular flexibility index (Phi) is 5.09. The normalized spacial score (nSPS) is 14.9. The quantitative estimate of drug-likeness (QED) is 0.565.